The van der Waals surface area contributed by atoms with Gasteiger partial charge < -0.3 is 9.88 Å². The molecule has 0 aromatic carbocycles. The molecule has 4 aromatic rings. The van der Waals surface area contributed by atoms with Crippen LogP contribution in [-0.4, -0.2) is 61.2 Å². The van der Waals surface area contributed by atoms with Crippen LogP contribution in [0.4, 0.5) is 5.82 Å². The van der Waals surface area contributed by atoms with E-state index >= 15 is 0 Å². The van der Waals surface area contributed by atoms with Gasteiger partial charge in [-0.1, -0.05) is 13.8 Å². The van der Waals surface area contributed by atoms with Gasteiger partial charge in [0.2, 0.25) is 0 Å². The zero-order chi connectivity index (χ0) is 23.6. The van der Waals surface area contributed by atoms with Gasteiger partial charge in [0.05, 0.1) is 29.3 Å². The number of pyridine rings is 2. The summed E-state index contributed by atoms with van der Waals surface area (Å²) >= 11 is 0. The Bertz CT molecular complexity index is 1440. The molecule has 6 rings (SSSR count). The van der Waals surface area contributed by atoms with Gasteiger partial charge in [-0.05, 0) is 55.9 Å². The summed E-state index contributed by atoms with van der Waals surface area (Å²) < 4.78 is 1.86. The quantitative estimate of drug-likeness (QED) is 0.465. The highest BCUT2D eigenvalue weighted by molar-refractivity contribution is 5.90. The van der Waals surface area contributed by atoms with Crippen LogP contribution in [-0.2, 0) is 0 Å². The molecular weight excluding hydrogens is 424 g/mol. The molecule has 2 saturated heterocycles. The molecule has 2 aliphatic rings. The van der Waals surface area contributed by atoms with E-state index in [1.807, 2.05) is 4.52 Å². The normalized spacial score (nSPS) is 20.6. The first-order valence-corrected chi connectivity index (χ1v) is 12.2. The Balaban J connectivity index is 1.45. The second-order valence-electron chi connectivity index (χ2n) is 10.1. The van der Waals surface area contributed by atoms with Crippen molar-refractivity contribution in [3.05, 3.63) is 41.3 Å². The summed E-state index contributed by atoms with van der Waals surface area (Å²) in [4.78, 5) is 18.1. The van der Waals surface area contributed by atoms with Crippen molar-refractivity contribution in [1.29, 1.82) is 5.26 Å². The Morgan fingerprint density at radius 1 is 1.21 bits per heavy atom. The molecule has 0 saturated carbocycles. The standard InChI is InChI=1S/C26H30N8/c1-15(2)23-24(20-13-34-26(28-14-29-34)17(4)16(20)3)30-21-5-6-22(31-25(21)23)33-12-19-11-18(33)7-9-32(19)10-8-27/h5-6,13-15,18-19,30H,7,9-12H2,1-4H3/t18-,19+/m0/s1. The maximum atomic E-state index is 9.18. The van der Waals surface area contributed by atoms with Crippen LogP contribution in [0.3, 0.4) is 0 Å². The summed E-state index contributed by atoms with van der Waals surface area (Å²) in [5, 5.41) is 13.6. The molecule has 0 spiro atoms. The first-order chi connectivity index (χ1) is 16.5. The van der Waals surface area contributed by atoms with E-state index in [4.69, 9.17) is 4.98 Å². The van der Waals surface area contributed by atoms with Crippen LogP contribution in [0.25, 0.3) is 27.9 Å². The number of hydrogen-bond acceptors (Lipinski definition) is 6. The molecule has 1 N–H and O–H groups in total. The summed E-state index contributed by atoms with van der Waals surface area (Å²) in [6, 6.07) is 7.62. The number of rotatable bonds is 4. The molecule has 4 aromatic heterocycles. The maximum Gasteiger partial charge on any atom is 0.158 e. The molecule has 8 nitrogen and oxygen atoms in total. The van der Waals surface area contributed by atoms with Crippen LogP contribution < -0.4 is 4.90 Å². The van der Waals surface area contributed by atoms with Gasteiger partial charge in [0.15, 0.2) is 5.65 Å². The lowest BCUT2D eigenvalue weighted by molar-refractivity contribution is 0.198. The van der Waals surface area contributed by atoms with Gasteiger partial charge in [0.1, 0.15) is 12.1 Å². The summed E-state index contributed by atoms with van der Waals surface area (Å²) in [6.45, 7) is 11.2. The Morgan fingerprint density at radius 3 is 2.85 bits per heavy atom. The Hall–Kier alpha value is -3.44. The SMILES string of the molecule is Cc1c(-c2[nH]c3ccc(N4C[C@H]5C[C@@H]4CCN5CC#N)nc3c2C(C)C)cn2ncnc2c1C. The number of hydrogen-bond donors (Lipinski definition) is 1. The monoisotopic (exact) mass is 454 g/mol. The molecule has 2 fully saturated rings. The number of nitrogens with one attached hydrogen (secondary N) is 1. The highest BCUT2D eigenvalue weighted by Crippen LogP contribution is 2.39. The molecule has 2 aliphatic heterocycles. The topological polar surface area (TPSA) is 89.1 Å². The molecule has 0 unspecified atom stereocenters. The third-order valence-electron chi connectivity index (χ3n) is 7.86. The number of aromatic amines is 1. The largest absolute Gasteiger partial charge is 0.353 e. The van der Waals surface area contributed by atoms with E-state index in [0.29, 0.717) is 24.5 Å². The molecule has 6 heterocycles. The summed E-state index contributed by atoms with van der Waals surface area (Å²) in [7, 11) is 0. The molecule has 174 valence electrons. The van der Waals surface area contributed by atoms with E-state index in [9.17, 15) is 5.26 Å². The minimum atomic E-state index is 0.307. The highest BCUT2D eigenvalue weighted by Gasteiger charge is 2.40. The second kappa shape index (κ2) is 7.81. The van der Waals surface area contributed by atoms with E-state index in [1.165, 1.54) is 11.1 Å². The van der Waals surface area contributed by atoms with E-state index in [0.717, 1.165) is 65.3 Å². The minimum absolute atomic E-state index is 0.307. The lowest BCUT2D eigenvalue weighted by Crippen LogP contribution is -2.40. The third kappa shape index (κ3) is 3.11. The first kappa shape index (κ1) is 21.1. The molecule has 0 radical (unpaired) electrons. The number of aryl methyl sites for hydroxylation is 1. The summed E-state index contributed by atoms with van der Waals surface area (Å²) in [5.41, 5.74) is 8.86. The molecule has 2 atom stereocenters. The zero-order valence-electron chi connectivity index (χ0n) is 20.2. The van der Waals surface area contributed by atoms with E-state index in [-0.39, 0.29) is 0 Å². The van der Waals surface area contributed by atoms with Crippen molar-refractivity contribution in [1.82, 2.24) is 29.5 Å². The van der Waals surface area contributed by atoms with Crippen molar-refractivity contribution in [2.75, 3.05) is 24.5 Å². The van der Waals surface area contributed by atoms with Crippen molar-refractivity contribution in [3.8, 4) is 17.3 Å². The maximum absolute atomic E-state index is 9.18. The fourth-order valence-electron chi connectivity index (χ4n) is 5.97. The number of aromatic nitrogens is 5. The zero-order valence-corrected chi connectivity index (χ0v) is 20.2. The van der Waals surface area contributed by atoms with Crippen LogP contribution in [0.5, 0.6) is 0 Å². The van der Waals surface area contributed by atoms with Crippen LogP contribution >= 0.6 is 0 Å². The van der Waals surface area contributed by atoms with Gasteiger partial charge in [-0.15, -0.1) is 0 Å². The van der Waals surface area contributed by atoms with Crippen molar-refractivity contribution in [2.24, 2.45) is 0 Å². The van der Waals surface area contributed by atoms with Crippen LogP contribution in [0.1, 0.15) is 49.3 Å². The predicted molar refractivity (Wildman–Crippen MR) is 133 cm³/mol. The van der Waals surface area contributed by atoms with E-state index in [2.05, 4.69) is 77.0 Å². The van der Waals surface area contributed by atoms with Gasteiger partial charge in [-0.25, -0.2) is 14.5 Å². The fourth-order valence-corrected chi connectivity index (χ4v) is 5.97. The third-order valence-corrected chi connectivity index (χ3v) is 7.86. The predicted octanol–water partition coefficient (Wildman–Crippen LogP) is 4.19. The van der Waals surface area contributed by atoms with Gasteiger partial charge >= 0.3 is 0 Å². The number of piperidine rings is 1. The second-order valence-corrected chi connectivity index (χ2v) is 10.1. The van der Waals surface area contributed by atoms with Crippen molar-refractivity contribution < 1.29 is 0 Å². The summed E-state index contributed by atoms with van der Waals surface area (Å²) in [5.74, 6) is 1.35. The molecule has 8 heteroatoms. The molecular formula is C26H30N8. The number of nitrogens with zero attached hydrogens (tertiary/aromatic N) is 7. The van der Waals surface area contributed by atoms with Crippen LogP contribution in [0.2, 0.25) is 0 Å². The smallest absolute Gasteiger partial charge is 0.158 e. The Labute approximate surface area is 199 Å². The molecule has 34 heavy (non-hydrogen) atoms. The van der Waals surface area contributed by atoms with Crippen molar-refractivity contribution >= 4 is 22.5 Å². The average molecular weight is 455 g/mol. The van der Waals surface area contributed by atoms with E-state index < -0.39 is 0 Å². The molecule has 2 bridgehead atoms. The number of nitriles is 1. The number of anilines is 1. The fraction of sp³-hybridized carbons (Fsp3) is 0.462. The Kier molecular flexibility index (Phi) is 4.85. The highest BCUT2D eigenvalue weighted by atomic mass is 15.3. The molecule has 0 amide bonds. The van der Waals surface area contributed by atoms with Gasteiger partial charge in [-0.2, -0.15) is 10.4 Å². The summed E-state index contributed by atoms with van der Waals surface area (Å²) in [6.07, 6.45) is 5.89. The average Bonchev–Trinajstić information content (AvgIpc) is 3.53. The van der Waals surface area contributed by atoms with Crippen LogP contribution in [0, 0.1) is 25.2 Å². The first-order valence-electron chi connectivity index (χ1n) is 12.2. The number of fused-ring (bicyclic) bond motifs is 4. The number of H-pyrrole nitrogens is 1. The van der Waals surface area contributed by atoms with Crippen molar-refractivity contribution in [3.63, 3.8) is 0 Å². The van der Waals surface area contributed by atoms with Gasteiger partial charge in [-0.3, -0.25) is 4.90 Å². The van der Waals surface area contributed by atoms with Gasteiger partial charge in [0, 0.05) is 42.5 Å². The van der Waals surface area contributed by atoms with Crippen molar-refractivity contribution in [2.45, 2.75) is 58.5 Å². The molecule has 0 aliphatic carbocycles. The van der Waals surface area contributed by atoms with Gasteiger partial charge in [0.25, 0.3) is 0 Å². The minimum Gasteiger partial charge on any atom is -0.353 e. The lowest BCUT2D eigenvalue weighted by Gasteiger charge is -2.30. The van der Waals surface area contributed by atoms with E-state index in [1.54, 1.807) is 6.33 Å². The van der Waals surface area contributed by atoms with Crippen LogP contribution in [0.15, 0.2) is 24.7 Å². The lowest BCUT2D eigenvalue weighted by atomic mass is 9.95. The Morgan fingerprint density at radius 2 is 2.06 bits per heavy atom. The number of likely N-dealkylation sites (tertiary alicyclic amines) is 1.